The minimum atomic E-state index is -0.645. The Labute approximate surface area is 162 Å². The van der Waals surface area contributed by atoms with Crippen molar-refractivity contribution in [2.45, 2.75) is 50.5 Å². The molecule has 7 nitrogen and oxygen atoms in total. The summed E-state index contributed by atoms with van der Waals surface area (Å²) in [4.78, 5) is 31.3. The molecule has 3 fully saturated rings. The third kappa shape index (κ3) is 4.61. The quantitative estimate of drug-likeness (QED) is 0.738. The van der Waals surface area contributed by atoms with Gasteiger partial charge >= 0.3 is 0 Å². The first-order chi connectivity index (χ1) is 13.1. The number of nitriles is 1. The Bertz CT molecular complexity index is 576. The van der Waals surface area contributed by atoms with Crippen LogP contribution in [0.3, 0.4) is 0 Å². The molecule has 3 aliphatic rings. The number of hydrogen-bond acceptors (Lipinski definition) is 5. The fraction of sp³-hybridized carbons (Fsp3) is 0.850. The maximum Gasteiger partial charge on any atom is 0.237 e. The number of rotatable bonds is 4. The minimum Gasteiger partial charge on any atom is -0.378 e. The number of likely N-dealkylation sites (tertiary alicyclic amines) is 1. The highest BCUT2D eigenvalue weighted by atomic mass is 16.5. The summed E-state index contributed by atoms with van der Waals surface area (Å²) in [5.41, 5.74) is -0.645. The van der Waals surface area contributed by atoms with Gasteiger partial charge in [-0.25, -0.2) is 0 Å². The van der Waals surface area contributed by atoms with Gasteiger partial charge in [0.15, 0.2) is 0 Å². The first kappa shape index (κ1) is 20.1. The van der Waals surface area contributed by atoms with Crippen LogP contribution in [0, 0.1) is 17.2 Å². The molecule has 2 amide bonds. The predicted molar refractivity (Wildman–Crippen MR) is 101 cm³/mol. The molecule has 2 aliphatic heterocycles. The van der Waals surface area contributed by atoms with E-state index in [2.05, 4.69) is 11.0 Å². The number of carbonyl (C=O) groups is 2. The topological polar surface area (TPSA) is 76.9 Å². The van der Waals surface area contributed by atoms with Crippen molar-refractivity contribution in [3.05, 3.63) is 0 Å². The number of amides is 2. The van der Waals surface area contributed by atoms with E-state index in [9.17, 15) is 14.9 Å². The summed E-state index contributed by atoms with van der Waals surface area (Å²) in [5.74, 6) is 0.164. The van der Waals surface area contributed by atoms with Crippen molar-refractivity contribution in [2.75, 3.05) is 53.0 Å². The molecule has 0 N–H and O–H groups in total. The van der Waals surface area contributed by atoms with Gasteiger partial charge in [0, 0.05) is 26.7 Å². The number of nitrogens with zero attached hydrogens (tertiary/aromatic N) is 4. The number of piperidine rings is 1. The third-order valence-electron chi connectivity index (χ3n) is 6.44. The summed E-state index contributed by atoms with van der Waals surface area (Å²) in [6, 6.07) is 2.42. The van der Waals surface area contributed by atoms with Crippen LogP contribution in [0.4, 0.5) is 0 Å². The second-order valence-corrected chi connectivity index (χ2v) is 8.17. The average Bonchev–Trinajstić information content (AvgIpc) is 2.74. The normalized spacial score (nSPS) is 26.2. The number of carbonyl (C=O) groups excluding carboxylic acids is 2. The summed E-state index contributed by atoms with van der Waals surface area (Å²) >= 11 is 0. The lowest BCUT2D eigenvalue weighted by Crippen LogP contribution is -2.54. The van der Waals surface area contributed by atoms with Gasteiger partial charge in [-0.1, -0.05) is 19.3 Å². The van der Waals surface area contributed by atoms with Crippen LogP contribution in [0.15, 0.2) is 0 Å². The Morgan fingerprint density at radius 1 is 1.15 bits per heavy atom. The number of ether oxygens (including phenoxy) is 1. The van der Waals surface area contributed by atoms with Crippen molar-refractivity contribution in [1.82, 2.24) is 14.7 Å². The maximum absolute atomic E-state index is 12.9. The molecule has 0 bridgehead atoms. The summed E-state index contributed by atoms with van der Waals surface area (Å²) in [7, 11) is 1.77. The van der Waals surface area contributed by atoms with Crippen molar-refractivity contribution in [3.8, 4) is 6.07 Å². The van der Waals surface area contributed by atoms with Crippen molar-refractivity contribution in [3.63, 3.8) is 0 Å². The van der Waals surface area contributed by atoms with Crippen LogP contribution in [-0.4, -0.2) is 85.0 Å². The van der Waals surface area contributed by atoms with E-state index in [1.165, 1.54) is 0 Å². The molecule has 1 atom stereocenters. The van der Waals surface area contributed by atoms with E-state index in [-0.39, 0.29) is 17.7 Å². The van der Waals surface area contributed by atoms with Crippen LogP contribution in [0.5, 0.6) is 0 Å². The van der Waals surface area contributed by atoms with Crippen LogP contribution in [-0.2, 0) is 14.3 Å². The van der Waals surface area contributed by atoms with Gasteiger partial charge in [0.25, 0.3) is 0 Å². The van der Waals surface area contributed by atoms with Gasteiger partial charge < -0.3 is 14.5 Å². The molecule has 1 saturated carbocycles. The van der Waals surface area contributed by atoms with Crippen LogP contribution < -0.4 is 0 Å². The fourth-order valence-electron chi connectivity index (χ4n) is 4.64. The molecule has 0 spiro atoms. The molecule has 7 heteroatoms. The van der Waals surface area contributed by atoms with Gasteiger partial charge in [-0.05, 0) is 32.2 Å². The number of hydrogen-bond donors (Lipinski definition) is 0. The molecule has 2 heterocycles. The van der Waals surface area contributed by atoms with Gasteiger partial charge in [0.1, 0.15) is 5.54 Å². The Morgan fingerprint density at radius 2 is 1.85 bits per heavy atom. The van der Waals surface area contributed by atoms with Gasteiger partial charge in [0.2, 0.25) is 11.8 Å². The zero-order valence-electron chi connectivity index (χ0n) is 16.5. The minimum absolute atomic E-state index is 0.00192. The van der Waals surface area contributed by atoms with Crippen molar-refractivity contribution in [1.29, 1.82) is 5.26 Å². The zero-order chi connectivity index (χ0) is 19.3. The SMILES string of the molecule is CN(C(=O)CN1CCCC(C(=O)N2CCOCC2)C1)C1(C#N)CCCCC1. The molecule has 1 unspecified atom stereocenters. The Morgan fingerprint density at radius 3 is 2.52 bits per heavy atom. The standard InChI is InChI=1S/C20H32N4O3/c1-22(20(16-21)7-3-2-4-8-20)18(25)15-23-9-5-6-17(14-23)19(26)24-10-12-27-13-11-24/h17H,2-15H2,1H3. The molecular formula is C20H32N4O3. The highest BCUT2D eigenvalue weighted by Crippen LogP contribution is 2.32. The molecular weight excluding hydrogens is 344 g/mol. The smallest absolute Gasteiger partial charge is 0.237 e. The van der Waals surface area contributed by atoms with Crippen LogP contribution in [0.2, 0.25) is 0 Å². The Balaban J connectivity index is 1.55. The van der Waals surface area contributed by atoms with Crippen molar-refractivity contribution in [2.24, 2.45) is 5.92 Å². The lowest BCUT2D eigenvalue weighted by molar-refractivity contribution is -0.143. The van der Waals surface area contributed by atoms with E-state index in [1.54, 1.807) is 11.9 Å². The van der Waals surface area contributed by atoms with Gasteiger partial charge in [-0.15, -0.1) is 0 Å². The maximum atomic E-state index is 12.9. The molecule has 2 saturated heterocycles. The van der Waals surface area contributed by atoms with E-state index in [1.807, 2.05) is 4.90 Å². The van der Waals surface area contributed by atoms with E-state index in [0.717, 1.165) is 51.5 Å². The lowest BCUT2D eigenvalue weighted by Gasteiger charge is -2.41. The molecule has 0 aromatic rings. The summed E-state index contributed by atoms with van der Waals surface area (Å²) < 4.78 is 5.33. The Hall–Kier alpha value is -1.65. The second kappa shape index (κ2) is 9.03. The monoisotopic (exact) mass is 376 g/mol. The van der Waals surface area contributed by atoms with Gasteiger partial charge in [-0.2, -0.15) is 5.26 Å². The highest BCUT2D eigenvalue weighted by Gasteiger charge is 2.39. The van der Waals surface area contributed by atoms with Crippen LogP contribution >= 0.6 is 0 Å². The second-order valence-electron chi connectivity index (χ2n) is 8.17. The molecule has 0 radical (unpaired) electrons. The van der Waals surface area contributed by atoms with Gasteiger partial charge in [0.05, 0.1) is 31.7 Å². The van der Waals surface area contributed by atoms with E-state index >= 15 is 0 Å². The number of morpholine rings is 1. The van der Waals surface area contributed by atoms with E-state index in [0.29, 0.717) is 39.4 Å². The zero-order valence-corrected chi connectivity index (χ0v) is 16.5. The molecule has 0 aromatic heterocycles. The average molecular weight is 377 g/mol. The van der Waals surface area contributed by atoms with Crippen LogP contribution in [0.25, 0.3) is 0 Å². The molecule has 27 heavy (non-hydrogen) atoms. The lowest BCUT2D eigenvalue weighted by atomic mass is 9.81. The van der Waals surface area contributed by atoms with Crippen molar-refractivity contribution < 1.29 is 14.3 Å². The molecule has 1 aliphatic carbocycles. The third-order valence-corrected chi connectivity index (χ3v) is 6.44. The van der Waals surface area contributed by atoms with E-state index < -0.39 is 5.54 Å². The Kier molecular flexibility index (Phi) is 6.72. The highest BCUT2D eigenvalue weighted by molar-refractivity contribution is 5.81. The van der Waals surface area contributed by atoms with E-state index in [4.69, 9.17) is 4.74 Å². The summed E-state index contributed by atoms with van der Waals surface area (Å²) in [6.45, 7) is 4.33. The van der Waals surface area contributed by atoms with Crippen LogP contribution in [0.1, 0.15) is 44.9 Å². The molecule has 0 aromatic carbocycles. The predicted octanol–water partition coefficient (Wildman–Crippen LogP) is 1.24. The van der Waals surface area contributed by atoms with Crippen molar-refractivity contribution >= 4 is 11.8 Å². The van der Waals surface area contributed by atoms with Gasteiger partial charge in [-0.3, -0.25) is 14.5 Å². The summed E-state index contributed by atoms with van der Waals surface area (Å²) in [6.07, 6.45) is 6.51. The first-order valence-corrected chi connectivity index (χ1v) is 10.3. The largest absolute Gasteiger partial charge is 0.378 e. The fourth-order valence-corrected chi connectivity index (χ4v) is 4.64. The number of likely N-dealkylation sites (N-methyl/N-ethyl adjacent to an activating group) is 1. The summed E-state index contributed by atoms with van der Waals surface area (Å²) in [5, 5.41) is 9.71. The molecule has 3 rings (SSSR count). The first-order valence-electron chi connectivity index (χ1n) is 10.3. The molecule has 150 valence electrons.